The molecule has 0 spiro atoms. The van der Waals surface area contributed by atoms with Gasteiger partial charge in [-0.2, -0.15) is 0 Å². The van der Waals surface area contributed by atoms with E-state index in [9.17, 15) is 14.3 Å². The van der Waals surface area contributed by atoms with Crippen LogP contribution in [0.5, 0.6) is 0 Å². The second kappa shape index (κ2) is 4.78. The molecule has 0 aliphatic carbocycles. The minimum Gasteiger partial charge on any atom is -0.478 e. The summed E-state index contributed by atoms with van der Waals surface area (Å²) in [5.74, 6) is -1.68. The summed E-state index contributed by atoms with van der Waals surface area (Å²) >= 11 is 0. The SMILES string of the molecule is O=C(O)c1cc(F)ccc1-c1ccc2ccccc2c1. The van der Waals surface area contributed by atoms with Gasteiger partial charge in [-0.25, -0.2) is 9.18 Å². The van der Waals surface area contributed by atoms with Crippen LogP contribution in [0.3, 0.4) is 0 Å². The van der Waals surface area contributed by atoms with Crippen molar-refractivity contribution in [2.75, 3.05) is 0 Å². The average Bonchev–Trinajstić information content (AvgIpc) is 2.46. The maximum atomic E-state index is 13.2. The third-order valence-electron chi connectivity index (χ3n) is 3.27. The first-order chi connectivity index (χ1) is 9.65. The van der Waals surface area contributed by atoms with E-state index >= 15 is 0 Å². The molecule has 0 heterocycles. The van der Waals surface area contributed by atoms with Crippen molar-refractivity contribution in [1.29, 1.82) is 0 Å². The summed E-state index contributed by atoms with van der Waals surface area (Å²) in [7, 11) is 0. The Morgan fingerprint density at radius 2 is 1.65 bits per heavy atom. The maximum absolute atomic E-state index is 13.2. The minimum absolute atomic E-state index is 0.0275. The van der Waals surface area contributed by atoms with Crippen molar-refractivity contribution < 1.29 is 14.3 Å². The fourth-order valence-electron chi connectivity index (χ4n) is 2.30. The lowest BCUT2D eigenvalue weighted by molar-refractivity contribution is 0.0697. The number of aromatic carboxylic acids is 1. The van der Waals surface area contributed by atoms with Crippen LogP contribution in [-0.2, 0) is 0 Å². The van der Waals surface area contributed by atoms with Crippen LogP contribution in [0.2, 0.25) is 0 Å². The van der Waals surface area contributed by atoms with Crippen molar-refractivity contribution in [2.24, 2.45) is 0 Å². The Morgan fingerprint density at radius 1 is 0.900 bits per heavy atom. The summed E-state index contributed by atoms with van der Waals surface area (Å²) in [6, 6.07) is 17.3. The fraction of sp³-hybridized carbons (Fsp3) is 0. The summed E-state index contributed by atoms with van der Waals surface area (Å²) in [5, 5.41) is 11.3. The van der Waals surface area contributed by atoms with Gasteiger partial charge in [0.2, 0.25) is 0 Å². The lowest BCUT2D eigenvalue weighted by Gasteiger charge is -2.08. The van der Waals surface area contributed by atoms with E-state index in [2.05, 4.69) is 0 Å². The Morgan fingerprint density at radius 3 is 2.40 bits per heavy atom. The van der Waals surface area contributed by atoms with Crippen LogP contribution in [0.25, 0.3) is 21.9 Å². The van der Waals surface area contributed by atoms with Gasteiger partial charge in [-0.05, 0) is 40.1 Å². The van der Waals surface area contributed by atoms with E-state index in [0.29, 0.717) is 5.56 Å². The van der Waals surface area contributed by atoms with Gasteiger partial charge in [0.25, 0.3) is 0 Å². The molecule has 2 nitrogen and oxygen atoms in total. The second-order valence-electron chi connectivity index (χ2n) is 4.56. The summed E-state index contributed by atoms with van der Waals surface area (Å²) in [6.07, 6.45) is 0. The van der Waals surface area contributed by atoms with Crippen molar-refractivity contribution in [3.8, 4) is 11.1 Å². The first-order valence-corrected chi connectivity index (χ1v) is 6.17. The summed E-state index contributed by atoms with van der Waals surface area (Å²) in [6.45, 7) is 0. The summed E-state index contributed by atoms with van der Waals surface area (Å²) in [4.78, 5) is 11.2. The van der Waals surface area contributed by atoms with Gasteiger partial charge in [0.15, 0.2) is 0 Å². The molecule has 0 amide bonds. The van der Waals surface area contributed by atoms with Gasteiger partial charge in [-0.15, -0.1) is 0 Å². The molecule has 0 aliphatic heterocycles. The number of rotatable bonds is 2. The predicted octanol–water partition coefficient (Wildman–Crippen LogP) is 4.34. The third-order valence-corrected chi connectivity index (χ3v) is 3.27. The molecule has 3 heteroatoms. The second-order valence-corrected chi connectivity index (χ2v) is 4.56. The van der Waals surface area contributed by atoms with E-state index < -0.39 is 11.8 Å². The van der Waals surface area contributed by atoms with Gasteiger partial charge in [-0.1, -0.05) is 42.5 Å². The monoisotopic (exact) mass is 266 g/mol. The van der Waals surface area contributed by atoms with Crippen molar-refractivity contribution in [1.82, 2.24) is 0 Å². The highest BCUT2D eigenvalue weighted by atomic mass is 19.1. The summed E-state index contributed by atoms with van der Waals surface area (Å²) < 4.78 is 13.2. The molecular weight excluding hydrogens is 255 g/mol. The molecule has 0 atom stereocenters. The number of benzene rings is 3. The van der Waals surface area contributed by atoms with Gasteiger partial charge in [-0.3, -0.25) is 0 Å². The van der Waals surface area contributed by atoms with Gasteiger partial charge in [0, 0.05) is 0 Å². The molecule has 0 saturated carbocycles. The van der Waals surface area contributed by atoms with Crippen molar-refractivity contribution in [3.63, 3.8) is 0 Å². The van der Waals surface area contributed by atoms with Crippen LogP contribution >= 0.6 is 0 Å². The highest BCUT2D eigenvalue weighted by molar-refractivity contribution is 5.97. The standard InChI is InChI=1S/C17H11FO2/c18-14-7-8-15(16(10-14)17(19)20)13-6-5-11-3-1-2-4-12(11)9-13/h1-10H,(H,19,20). The highest BCUT2D eigenvalue weighted by Gasteiger charge is 2.13. The molecule has 3 aromatic carbocycles. The molecule has 0 radical (unpaired) electrons. The molecule has 0 aliphatic rings. The zero-order valence-corrected chi connectivity index (χ0v) is 10.5. The first-order valence-electron chi connectivity index (χ1n) is 6.17. The normalized spacial score (nSPS) is 10.7. The van der Waals surface area contributed by atoms with Crippen molar-refractivity contribution in [3.05, 3.63) is 72.0 Å². The van der Waals surface area contributed by atoms with Crippen LogP contribution < -0.4 is 0 Å². The molecule has 0 unspecified atom stereocenters. The smallest absolute Gasteiger partial charge is 0.336 e. The number of hydrogen-bond acceptors (Lipinski definition) is 1. The van der Waals surface area contributed by atoms with Gasteiger partial charge in [0.05, 0.1) is 5.56 Å². The molecule has 3 rings (SSSR count). The molecule has 0 bridgehead atoms. The van der Waals surface area contributed by atoms with Gasteiger partial charge < -0.3 is 5.11 Å². The number of hydrogen-bond donors (Lipinski definition) is 1. The topological polar surface area (TPSA) is 37.3 Å². The number of halogens is 1. The van der Waals surface area contributed by atoms with Crippen molar-refractivity contribution in [2.45, 2.75) is 0 Å². The largest absolute Gasteiger partial charge is 0.478 e. The Kier molecular flexibility index (Phi) is 2.95. The molecule has 3 aromatic rings. The van der Waals surface area contributed by atoms with Crippen LogP contribution in [0.15, 0.2) is 60.7 Å². The lowest BCUT2D eigenvalue weighted by atomic mass is 9.97. The van der Waals surface area contributed by atoms with Crippen molar-refractivity contribution >= 4 is 16.7 Å². The first kappa shape index (κ1) is 12.4. The van der Waals surface area contributed by atoms with E-state index in [4.69, 9.17) is 0 Å². The van der Waals surface area contributed by atoms with Crippen LogP contribution in [0.1, 0.15) is 10.4 Å². The Balaban J connectivity index is 2.22. The predicted molar refractivity (Wildman–Crippen MR) is 76.3 cm³/mol. The van der Waals surface area contributed by atoms with Crippen LogP contribution in [0, 0.1) is 5.82 Å². The molecule has 1 N–H and O–H groups in total. The van der Waals surface area contributed by atoms with E-state index in [0.717, 1.165) is 22.4 Å². The quantitative estimate of drug-likeness (QED) is 0.749. The average molecular weight is 266 g/mol. The van der Waals surface area contributed by atoms with E-state index in [1.807, 2.05) is 42.5 Å². The molecule has 0 saturated heterocycles. The third kappa shape index (κ3) is 2.14. The van der Waals surface area contributed by atoms with Crippen LogP contribution in [-0.4, -0.2) is 11.1 Å². The number of fused-ring (bicyclic) bond motifs is 1. The number of carboxylic acids is 1. The van der Waals surface area contributed by atoms with Gasteiger partial charge >= 0.3 is 5.97 Å². The minimum atomic E-state index is -1.13. The maximum Gasteiger partial charge on any atom is 0.336 e. The van der Waals surface area contributed by atoms with E-state index in [1.54, 1.807) is 0 Å². The van der Waals surface area contributed by atoms with E-state index in [1.165, 1.54) is 12.1 Å². The summed E-state index contributed by atoms with van der Waals surface area (Å²) in [5.41, 5.74) is 1.26. The number of carbonyl (C=O) groups is 1. The molecular formula is C17H11FO2. The zero-order valence-electron chi connectivity index (χ0n) is 10.5. The Hall–Kier alpha value is -2.68. The highest BCUT2D eigenvalue weighted by Crippen LogP contribution is 2.28. The fourth-order valence-corrected chi connectivity index (χ4v) is 2.30. The molecule has 0 fully saturated rings. The molecule has 0 aromatic heterocycles. The van der Waals surface area contributed by atoms with Gasteiger partial charge in [0.1, 0.15) is 5.82 Å². The van der Waals surface area contributed by atoms with Crippen LogP contribution in [0.4, 0.5) is 4.39 Å². The number of carboxylic acid groups (broad SMARTS) is 1. The zero-order chi connectivity index (χ0) is 14.1. The lowest BCUT2D eigenvalue weighted by Crippen LogP contribution is -2.00. The Labute approximate surface area is 115 Å². The van der Waals surface area contributed by atoms with E-state index in [-0.39, 0.29) is 5.56 Å². The molecule has 20 heavy (non-hydrogen) atoms. The Bertz CT molecular complexity index is 809. The molecule has 98 valence electrons.